The number of aromatic nitrogens is 3. The van der Waals surface area contributed by atoms with Gasteiger partial charge in [0.15, 0.2) is 0 Å². The maximum absolute atomic E-state index is 13.1. The number of anilines is 1. The van der Waals surface area contributed by atoms with E-state index in [4.69, 9.17) is 0 Å². The molecule has 3 aromatic carbocycles. The van der Waals surface area contributed by atoms with Crippen LogP contribution >= 0.6 is 0 Å². The molecule has 2 N–H and O–H groups in total. The highest BCUT2D eigenvalue weighted by molar-refractivity contribution is 6.04. The van der Waals surface area contributed by atoms with Gasteiger partial charge in [0.2, 0.25) is 0 Å². The van der Waals surface area contributed by atoms with Gasteiger partial charge in [-0.3, -0.25) is 14.7 Å². The summed E-state index contributed by atoms with van der Waals surface area (Å²) in [6, 6.07) is 24.3. The van der Waals surface area contributed by atoms with Gasteiger partial charge in [-0.15, -0.1) is 0 Å². The standard InChI is InChI=1S/C26H20N4O2/c31-25(29-23-7-2-1-3-8-23)21-6-4-5-18(13-21)17-30-12-11-20-14-19(22-15-27-28-16-22)9-10-24(20)26(30)32/h1-16H,17H2,(H,27,28)(H,29,31). The third-order valence-electron chi connectivity index (χ3n) is 5.38. The molecule has 5 aromatic rings. The molecule has 6 nitrogen and oxygen atoms in total. The molecule has 0 fully saturated rings. The van der Waals surface area contributed by atoms with E-state index in [1.54, 1.807) is 23.0 Å². The molecule has 0 radical (unpaired) electrons. The van der Waals surface area contributed by atoms with Crippen LogP contribution in [0.15, 0.2) is 102 Å². The van der Waals surface area contributed by atoms with Gasteiger partial charge >= 0.3 is 0 Å². The van der Waals surface area contributed by atoms with Crippen LogP contribution in [0.5, 0.6) is 0 Å². The maximum Gasteiger partial charge on any atom is 0.258 e. The number of para-hydroxylation sites is 1. The minimum Gasteiger partial charge on any atom is -0.322 e. The molecule has 0 unspecified atom stereocenters. The number of nitrogens with one attached hydrogen (secondary N) is 2. The van der Waals surface area contributed by atoms with Gasteiger partial charge in [0.05, 0.1) is 12.7 Å². The Morgan fingerprint density at radius 3 is 2.62 bits per heavy atom. The Hall–Kier alpha value is -4.45. The number of fused-ring (bicyclic) bond motifs is 1. The second-order valence-electron chi connectivity index (χ2n) is 7.56. The van der Waals surface area contributed by atoms with E-state index in [0.29, 0.717) is 17.5 Å². The number of aromatic amines is 1. The number of hydrogen-bond donors (Lipinski definition) is 2. The van der Waals surface area contributed by atoms with E-state index in [1.807, 2.05) is 79.0 Å². The van der Waals surface area contributed by atoms with Crippen LogP contribution in [0.25, 0.3) is 21.9 Å². The van der Waals surface area contributed by atoms with Crippen molar-refractivity contribution in [1.29, 1.82) is 0 Å². The minimum atomic E-state index is -0.185. The highest BCUT2D eigenvalue weighted by Gasteiger charge is 2.09. The molecule has 2 aromatic heterocycles. The summed E-state index contributed by atoms with van der Waals surface area (Å²) in [6.07, 6.45) is 5.37. The van der Waals surface area contributed by atoms with Gasteiger partial charge in [0, 0.05) is 34.6 Å². The Labute approximate surface area is 184 Å². The molecule has 0 saturated heterocycles. The number of rotatable bonds is 5. The molecule has 0 aliphatic heterocycles. The molecule has 0 aliphatic carbocycles. The lowest BCUT2D eigenvalue weighted by atomic mass is 10.0. The summed E-state index contributed by atoms with van der Waals surface area (Å²) in [5.74, 6) is -0.185. The predicted molar refractivity (Wildman–Crippen MR) is 126 cm³/mol. The minimum absolute atomic E-state index is 0.0691. The molecule has 5 rings (SSSR count). The largest absolute Gasteiger partial charge is 0.322 e. The second-order valence-corrected chi connectivity index (χ2v) is 7.56. The average molecular weight is 420 g/mol. The van der Waals surface area contributed by atoms with Crippen molar-refractivity contribution in [2.75, 3.05) is 5.32 Å². The van der Waals surface area contributed by atoms with Gasteiger partial charge in [0.25, 0.3) is 11.5 Å². The molecular formula is C26H20N4O2. The van der Waals surface area contributed by atoms with Crippen LogP contribution in [0.1, 0.15) is 15.9 Å². The summed E-state index contributed by atoms with van der Waals surface area (Å²) in [6.45, 7) is 0.380. The number of pyridine rings is 1. The molecule has 0 bridgehead atoms. The van der Waals surface area contributed by atoms with Crippen LogP contribution in [0.4, 0.5) is 5.69 Å². The maximum atomic E-state index is 13.1. The third-order valence-corrected chi connectivity index (χ3v) is 5.38. The molecule has 1 amide bonds. The fraction of sp³-hybridized carbons (Fsp3) is 0.0385. The number of nitrogens with zero attached hydrogens (tertiary/aromatic N) is 2. The monoisotopic (exact) mass is 420 g/mol. The number of carbonyl (C=O) groups excluding carboxylic acids is 1. The van der Waals surface area contributed by atoms with Crippen LogP contribution in [-0.2, 0) is 6.54 Å². The van der Waals surface area contributed by atoms with Crippen molar-refractivity contribution in [3.63, 3.8) is 0 Å². The molecular weight excluding hydrogens is 400 g/mol. The van der Waals surface area contributed by atoms with E-state index in [1.165, 1.54) is 0 Å². The van der Waals surface area contributed by atoms with Gasteiger partial charge in [0.1, 0.15) is 0 Å². The Bertz CT molecular complexity index is 1450. The van der Waals surface area contributed by atoms with E-state index < -0.39 is 0 Å². The molecule has 2 heterocycles. The van der Waals surface area contributed by atoms with Crippen molar-refractivity contribution in [2.45, 2.75) is 6.54 Å². The van der Waals surface area contributed by atoms with Crippen LogP contribution in [-0.4, -0.2) is 20.7 Å². The van der Waals surface area contributed by atoms with E-state index >= 15 is 0 Å². The van der Waals surface area contributed by atoms with Crippen LogP contribution in [0, 0.1) is 0 Å². The van der Waals surface area contributed by atoms with Crippen molar-refractivity contribution in [2.24, 2.45) is 0 Å². The quantitative estimate of drug-likeness (QED) is 0.433. The summed E-state index contributed by atoms with van der Waals surface area (Å²) < 4.78 is 1.66. The molecule has 0 atom stereocenters. The zero-order valence-corrected chi connectivity index (χ0v) is 17.2. The van der Waals surface area contributed by atoms with Crippen molar-refractivity contribution < 1.29 is 4.79 Å². The third kappa shape index (κ3) is 3.94. The van der Waals surface area contributed by atoms with Gasteiger partial charge in [-0.1, -0.05) is 36.4 Å². The van der Waals surface area contributed by atoms with Crippen molar-refractivity contribution >= 4 is 22.4 Å². The lowest BCUT2D eigenvalue weighted by Gasteiger charge is -2.10. The van der Waals surface area contributed by atoms with Gasteiger partial charge in [-0.2, -0.15) is 5.10 Å². The van der Waals surface area contributed by atoms with E-state index in [9.17, 15) is 9.59 Å². The van der Waals surface area contributed by atoms with Gasteiger partial charge < -0.3 is 9.88 Å². The predicted octanol–water partition coefficient (Wildman–Crippen LogP) is 4.69. The van der Waals surface area contributed by atoms with Crippen LogP contribution < -0.4 is 10.9 Å². The number of benzene rings is 3. The van der Waals surface area contributed by atoms with Crippen LogP contribution in [0.3, 0.4) is 0 Å². The van der Waals surface area contributed by atoms with E-state index in [-0.39, 0.29) is 11.5 Å². The lowest BCUT2D eigenvalue weighted by molar-refractivity contribution is 0.102. The molecule has 0 spiro atoms. The highest BCUT2D eigenvalue weighted by Crippen LogP contribution is 2.22. The topological polar surface area (TPSA) is 79.8 Å². The fourth-order valence-electron chi connectivity index (χ4n) is 3.73. The average Bonchev–Trinajstić information content (AvgIpc) is 3.37. The van der Waals surface area contributed by atoms with Crippen molar-refractivity contribution in [1.82, 2.24) is 14.8 Å². The Kier molecular flexibility index (Phi) is 5.09. The second kappa shape index (κ2) is 8.35. The fourth-order valence-corrected chi connectivity index (χ4v) is 3.73. The molecule has 6 heteroatoms. The van der Waals surface area contributed by atoms with E-state index in [0.717, 1.165) is 27.8 Å². The lowest BCUT2D eigenvalue weighted by Crippen LogP contribution is -2.20. The smallest absolute Gasteiger partial charge is 0.258 e. The summed E-state index contributed by atoms with van der Waals surface area (Å²) >= 11 is 0. The first-order valence-electron chi connectivity index (χ1n) is 10.2. The van der Waals surface area contributed by atoms with Crippen LogP contribution in [0.2, 0.25) is 0 Å². The number of H-pyrrole nitrogens is 1. The first-order valence-corrected chi connectivity index (χ1v) is 10.2. The molecule has 156 valence electrons. The zero-order valence-electron chi connectivity index (χ0n) is 17.2. The number of hydrogen-bond acceptors (Lipinski definition) is 3. The van der Waals surface area contributed by atoms with Gasteiger partial charge in [-0.25, -0.2) is 0 Å². The Balaban J connectivity index is 1.40. The summed E-state index contributed by atoms with van der Waals surface area (Å²) in [5, 5.41) is 11.2. The molecule has 0 aliphatic rings. The number of amides is 1. The van der Waals surface area contributed by atoms with Gasteiger partial charge in [-0.05, 0) is 59.0 Å². The van der Waals surface area contributed by atoms with Crippen molar-refractivity contribution in [3.05, 3.63) is 119 Å². The summed E-state index contributed by atoms with van der Waals surface area (Å²) in [7, 11) is 0. The molecule has 0 saturated carbocycles. The summed E-state index contributed by atoms with van der Waals surface area (Å²) in [4.78, 5) is 25.7. The zero-order chi connectivity index (χ0) is 21.9. The molecule has 32 heavy (non-hydrogen) atoms. The summed E-state index contributed by atoms with van der Waals surface area (Å²) in [5.41, 5.74) is 4.07. The van der Waals surface area contributed by atoms with Crippen molar-refractivity contribution in [3.8, 4) is 11.1 Å². The SMILES string of the molecule is O=C(Nc1ccccc1)c1cccc(Cn2ccc3cc(-c4cn[nH]c4)ccc3c2=O)c1. The Morgan fingerprint density at radius 2 is 1.81 bits per heavy atom. The first kappa shape index (κ1) is 19.5. The normalized spacial score (nSPS) is 10.9. The Morgan fingerprint density at radius 1 is 0.938 bits per heavy atom. The first-order chi connectivity index (χ1) is 15.7. The highest BCUT2D eigenvalue weighted by atomic mass is 16.1. The number of carbonyl (C=O) groups is 1. The van der Waals surface area contributed by atoms with E-state index in [2.05, 4.69) is 15.5 Å².